The van der Waals surface area contributed by atoms with Gasteiger partial charge in [0.2, 0.25) is 0 Å². The molecule has 0 saturated carbocycles. The zero-order chi connectivity index (χ0) is 12.6. The minimum atomic E-state index is -0.322. The lowest BCUT2D eigenvalue weighted by Crippen LogP contribution is -2.32. The topological polar surface area (TPSA) is 46.3 Å². The van der Waals surface area contributed by atoms with Gasteiger partial charge in [0.05, 0.1) is 5.56 Å². The van der Waals surface area contributed by atoms with Gasteiger partial charge in [0.15, 0.2) is 0 Å². The number of rotatable bonds is 1. The molecule has 3 nitrogen and oxygen atoms in total. The summed E-state index contributed by atoms with van der Waals surface area (Å²) in [5.74, 6) is -0.0660. The highest BCUT2D eigenvalue weighted by atomic mass is 127. The van der Waals surface area contributed by atoms with E-state index in [0.29, 0.717) is 28.1 Å². The maximum Gasteiger partial charge on any atom is 0.254 e. The van der Waals surface area contributed by atoms with Crippen LogP contribution in [-0.4, -0.2) is 29.9 Å². The van der Waals surface area contributed by atoms with Crippen molar-refractivity contribution in [3.05, 3.63) is 33.1 Å². The molecule has 1 amide bonds. The van der Waals surface area contributed by atoms with Crippen molar-refractivity contribution in [3.63, 3.8) is 0 Å². The summed E-state index contributed by atoms with van der Waals surface area (Å²) in [5.41, 5.74) is 6.44. The fourth-order valence-electron chi connectivity index (χ4n) is 1.99. The predicted octanol–water partition coefficient (Wildman–Crippen LogP) is 1.85. The Hall–Kier alpha value is -0.690. The van der Waals surface area contributed by atoms with Crippen molar-refractivity contribution in [3.8, 4) is 0 Å². The fraction of sp³-hybridized carbons (Fsp3) is 0.417. The summed E-state index contributed by atoms with van der Waals surface area (Å²) in [5, 5.41) is 0. The van der Waals surface area contributed by atoms with Gasteiger partial charge in [-0.3, -0.25) is 4.79 Å². The number of hydrogen-bond donors (Lipinski definition) is 1. The molecule has 0 aliphatic carbocycles. The van der Waals surface area contributed by atoms with Crippen molar-refractivity contribution in [1.82, 2.24) is 4.90 Å². The average Bonchev–Trinajstić information content (AvgIpc) is 2.58. The highest BCUT2D eigenvalue weighted by Gasteiger charge is 2.30. The van der Waals surface area contributed by atoms with E-state index in [4.69, 9.17) is 5.73 Å². The summed E-state index contributed by atoms with van der Waals surface area (Å²) in [6.45, 7) is 3.29. The second kappa shape index (κ2) is 4.89. The van der Waals surface area contributed by atoms with E-state index in [-0.39, 0.29) is 17.8 Å². The Labute approximate surface area is 113 Å². The standard InChI is InChI=1S/C12H14FIN2O/c1-7-5-16(6-11(7)15)12(17)9-3-2-8(13)4-10(9)14/h2-4,7,11H,5-6,15H2,1H3. The first-order chi connectivity index (χ1) is 7.99. The van der Waals surface area contributed by atoms with Crippen LogP contribution in [0, 0.1) is 15.3 Å². The summed E-state index contributed by atoms with van der Waals surface area (Å²) < 4.78 is 13.6. The minimum absolute atomic E-state index is 0.0389. The average molecular weight is 348 g/mol. The van der Waals surface area contributed by atoms with Crippen LogP contribution >= 0.6 is 22.6 Å². The van der Waals surface area contributed by atoms with Gasteiger partial charge in [0.1, 0.15) is 5.82 Å². The van der Waals surface area contributed by atoms with Crippen molar-refractivity contribution in [1.29, 1.82) is 0 Å². The van der Waals surface area contributed by atoms with E-state index >= 15 is 0 Å². The van der Waals surface area contributed by atoms with Gasteiger partial charge in [-0.2, -0.15) is 0 Å². The van der Waals surface area contributed by atoms with Crippen LogP contribution in [0.4, 0.5) is 4.39 Å². The zero-order valence-corrected chi connectivity index (χ0v) is 11.6. The molecule has 1 saturated heterocycles. The molecular formula is C12H14FIN2O. The van der Waals surface area contributed by atoms with Crippen LogP contribution in [0.25, 0.3) is 0 Å². The lowest BCUT2D eigenvalue weighted by atomic mass is 10.1. The quantitative estimate of drug-likeness (QED) is 0.788. The third-order valence-electron chi connectivity index (χ3n) is 3.12. The van der Waals surface area contributed by atoms with Gasteiger partial charge in [-0.05, 0) is 46.7 Å². The Bertz CT molecular complexity index is 442. The van der Waals surface area contributed by atoms with Crippen molar-refractivity contribution in [2.75, 3.05) is 13.1 Å². The summed E-state index contributed by atoms with van der Waals surface area (Å²) in [7, 11) is 0. The maximum absolute atomic E-state index is 13.0. The van der Waals surface area contributed by atoms with Crippen LogP contribution in [0.15, 0.2) is 18.2 Å². The van der Waals surface area contributed by atoms with Crippen molar-refractivity contribution in [2.45, 2.75) is 13.0 Å². The van der Waals surface area contributed by atoms with E-state index in [1.807, 2.05) is 29.5 Å². The third kappa shape index (κ3) is 2.60. The molecule has 1 aliphatic heterocycles. The molecule has 0 radical (unpaired) electrons. The molecule has 1 aliphatic rings. The lowest BCUT2D eigenvalue weighted by Gasteiger charge is -2.16. The van der Waals surface area contributed by atoms with Gasteiger partial charge >= 0.3 is 0 Å². The number of carbonyl (C=O) groups excluding carboxylic acids is 1. The Kier molecular flexibility index (Phi) is 3.67. The molecule has 0 bridgehead atoms. The SMILES string of the molecule is CC1CN(C(=O)c2ccc(F)cc2I)CC1N. The van der Waals surface area contributed by atoms with E-state index in [2.05, 4.69) is 0 Å². The minimum Gasteiger partial charge on any atom is -0.337 e. The van der Waals surface area contributed by atoms with Crippen LogP contribution in [0.5, 0.6) is 0 Å². The van der Waals surface area contributed by atoms with Gasteiger partial charge in [-0.25, -0.2) is 4.39 Å². The molecule has 5 heteroatoms. The van der Waals surface area contributed by atoms with Gasteiger partial charge in [0, 0.05) is 22.7 Å². The normalized spacial score (nSPS) is 24.1. The number of benzene rings is 1. The lowest BCUT2D eigenvalue weighted by molar-refractivity contribution is 0.0785. The number of hydrogen-bond acceptors (Lipinski definition) is 2. The highest BCUT2D eigenvalue weighted by Crippen LogP contribution is 2.21. The molecule has 1 aromatic rings. The van der Waals surface area contributed by atoms with Gasteiger partial charge in [-0.15, -0.1) is 0 Å². The number of halogens is 2. The molecular weight excluding hydrogens is 334 g/mol. The Morgan fingerprint density at radius 1 is 1.53 bits per heavy atom. The smallest absolute Gasteiger partial charge is 0.254 e. The second-order valence-corrected chi connectivity index (χ2v) is 5.64. The molecule has 0 aromatic heterocycles. The molecule has 2 atom stereocenters. The molecule has 2 rings (SSSR count). The summed E-state index contributed by atoms with van der Waals surface area (Å²) in [6, 6.07) is 4.26. The number of likely N-dealkylation sites (tertiary alicyclic amines) is 1. The maximum atomic E-state index is 13.0. The Morgan fingerprint density at radius 3 is 2.76 bits per heavy atom. The number of nitrogens with zero attached hydrogens (tertiary/aromatic N) is 1. The van der Waals surface area contributed by atoms with Crippen molar-refractivity contribution >= 4 is 28.5 Å². The zero-order valence-electron chi connectivity index (χ0n) is 9.49. The third-order valence-corrected chi connectivity index (χ3v) is 4.01. The Morgan fingerprint density at radius 2 is 2.24 bits per heavy atom. The number of amides is 1. The Balaban J connectivity index is 2.20. The molecule has 2 N–H and O–H groups in total. The number of carbonyl (C=O) groups is 1. The monoisotopic (exact) mass is 348 g/mol. The van der Waals surface area contributed by atoms with E-state index in [1.54, 1.807) is 4.90 Å². The van der Waals surface area contributed by atoms with E-state index < -0.39 is 0 Å². The van der Waals surface area contributed by atoms with Gasteiger partial charge < -0.3 is 10.6 Å². The fourth-order valence-corrected chi connectivity index (χ4v) is 2.70. The summed E-state index contributed by atoms with van der Waals surface area (Å²) in [4.78, 5) is 14.0. The van der Waals surface area contributed by atoms with Crippen molar-refractivity contribution < 1.29 is 9.18 Å². The van der Waals surface area contributed by atoms with Crippen molar-refractivity contribution in [2.24, 2.45) is 11.7 Å². The van der Waals surface area contributed by atoms with E-state index in [1.165, 1.54) is 18.2 Å². The molecule has 0 spiro atoms. The van der Waals surface area contributed by atoms with E-state index in [0.717, 1.165) is 0 Å². The van der Waals surface area contributed by atoms with Gasteiger partial charge in [-0.1, -0.05) is 6.92 Å². The summed E-state index contributed by atoms with van der Waals surface area (Å²) in [6.07, 6.45) is 0. The number of nitrogens with two attached hydrogens (primary N) is 1. The first-order valence-corrected chi connectivity index (χ1v) is 6.57. The van der Waals surface area contributed by atoms with Crippen LogP contribution in [0.3, 0.4) is 0 Å². The molecule has 1 fully saturated rings. The molecule has 92 valence electrons. The first kappa shape index (κ1) is 12.8. The second-order valence-electron chi connectivity index (χ2n) is 4.48. The summed E-state index contributed by atoms with van der Waals surface area (Å²) >= 11 is 1.98. The molecule has 17 heavy (non-hydrogen) atoms. The molecule has 2 unspecified atom stereocenters. The van der Waals surface area contributed by atoms with Crippen LogP contribution in [-0.2, 0) is 0 Å². The van der Waals surface area contributed by atoms with Crippen LogP contribution < -0.4 is 5.73 Å². The van der Waals surface area contributed by atoms with Crippen LogP contribution in [0.2, 0.25) is 0 Å². The highest BCUT2D eigenvalue weighted by molar-refractivity contribution is 14.1. The van der Waals surface area contributed by atoms with Gasteiger partial charge in [0.25, 0.3) is 5.91 Å². The predicted molar refractivity (Wildman–Crippen MR) is 72.2 cm³/mol. The van der Waals surface area contributed by atoms with Crippen LogP contribution in [0.1, 0.15) is 17.3 Å². The largest absolute Gasteiger partial charge is 0.337 e. The molecule has 1 aromatic carbocycles. The first-order valence-electron chi connectivity index (χ1n) is 5.49. The van der Waals surface area contributed by atoms with E-state index in [9.17, 15) is 9.18 Å². The molecule has 1 heterocycles.